The molecular weight excluding hydrogens is 134 g/mol. The van der Waals surface area contributed by atoms with E-state index in [-0.39, 0.29) is 0 Å². The van der Waals surface area contributed by atoms with Crippen molar-refractivity contribution >= 4 is 5.69 Å². The van der Waals surface area contributed by atoms with Gasteiger partial charge in [-0.1, -0.05) is 19.1 Å². The number of anilines is 1. The predicted molar refractivity (Wildman–Crippen MR) is 48.1 cm³/mol. The number of fused-ring (bicyclic) bond motifs is 1. The molecule has 1 N–H and O–H groups in total. The van der Waals surface area contributed by atoms with E-state index in [4.69, 9.17) is 0 Å². The molecule has 0 bridgehead atoms. The van der Waals surface area contributed by atoms with Crippen LogP contribution in [0.2, 0.25) is 0 Å². The van der Waals surface area contributed by atoms with Crippen LogP contribution in [0.5, 0.6) is 0 Å². The maximum Gasteiger partial charge on any atom is 0.0379 e. The summed E-state index contributed by atoms with van der Waals surface area (Å²) in [5.74, 6) is 0.686. The van der Waals surface area contributed by atoms with Crippen molar-refractivity contribution in [1.82, 2.24) is 0 Å². The van der Waals surface area contributed by atoms with E-state index in [1.165, 1.54) is 16.8 Å². The van der Waals surface area contributed by atoms with E-state index in [2.05, 4.69) is 37.4 Å². The van der Waals surface area contributed by atoms with Gasteiger partial charge in [0, 0.05) is 18.2 Å². The number of rotatable bonds is 0. The molecule has 0 amide bonds. The third-order valence-electron chi connectivity index (χ3n) is 2.34. The van der Waals surface area contributed by atoms with E-state index in [0.29, 0.717) is 5.92 Å². The highest BCUT2D eigenvalue weighted by Gasteiger charge is 2.16. The highest BCUT2D eigenvalue weighted by molar-refractivity contribution is 5.58. The second-order valence-electron chi connectivity index (χ2n) is 3.37. The first-order valence-corrected chi connectivity index (χ1v) is 4.12. The summed E-state index contributed by atoms with van der Waals surface area (Å²) in [6.45, 7) is 5.48. The topological polar surface area (TPSA) is 12.0 Å². The summed E-state index contributed by atoms with van der Waals surface area (Å²) >= 11 is 0. The van der Waals surface area contributed by atoms with Crippen molar-refractivity contribution in [1.29, 1.82) is 0 Å². The normalized spacial score (nSPS) is 21.1. The van der Waals surface area contributed by atoms with Crippen LogP contribution in [0.4, 0.5) is 5.69 Å². The van der Waals surface area contributed by atoms with Gasteiger partial charge in [-0.3, -0.25) is 0 Å². The Hall–Kier alpha value is -0.980. The van der Waals surface area contributed by atoms with Crippen molar-refractivity contribution in [2.24, 2.45) is 0 Å². The largest absolute Gasteiger partial charge is 0.384 e. The molecule has 58 valence electrons. The van der Waals surface area contributed by atoms with Crippen molar-refractivity contribution in [3.05, 3.63) is 29.3 Å². The van der Waals surface area contributed by atoms with E-state index in [1.54, 1.807) is 0 Å². The van der Waals surface area contributed by atoms with Gasteiger partial charge in [-0.15, -0.1) is 0 Å². The van der Waals surface area contributed by atoms with Crippen LogP contribution < -0.4 is 5.32 Å². The average Bonchev–Trinajstić information content (AvgIpc) is 2.32. The molecule has 1 aromatic rings. The molecule has 11 heavy (non-hydrogen) atoms. The Morgan fingerprint density at radius 2 is 2.27 bits per heavy atom. The maximum atomic E-state index is 3.39. The van der Waals surface area contributed by atoms with E-state index < -0.39 is 0 Å². The minimum atomic E-state index is 0.686. The number of aryl methyl sites for hydroxylation is 1. The van der Waals surface area contributed by atoms with Gasteiger partial charge in [0.1, 0.15) is 0 Å². The zero-order valence-corrected chi connectivity index (χ0v) is 7.02. The molecule has 2 rings (SSSR count). The fourth-order valence-corrected chi connectivity index (χ4v) is 1.63. The first-order chi connectivity index (χ1) is 5.27. The summed E-state index contributed by atoms with van der Waals surface area (Å²) in [6, 6.07) is 6.64. The van der Waals surface area contributed by atoms with Crippen molar-refractivity contribution in [2.75, 3.05) is 11.9 Å². The summed E-state index contributed by atoms with van der Waals surface area (Å²) < 4.78 is 0. The van der Waals surface area contributed by atoms with Crippen LogP contribution >= 0.6 is 0 Å². The molecule has 0 aliphatic carbocycles. The zero-order chi connectivity index (χ0) is 7.84. The second kappa shape index (κ2) is 2.26. The highest BCUT2D eigenvalue weighted by atomic mass is 14.9. The third-order valence-corrected chi connectivity index (χ3v) is 2.34. The van der Waals surface area contributed by atoms with Crippen molar-refractivity contribution in [3.63, 3.8) is 0 Å². The maximum absolute atomic E-state index is 3.39. The molecule has 1 aromatic carbocycles. The Morgan fingerprint density at radius 3 is 3.09 bits per heavy atom. The summed E-state index contributed by atoms with van der Waals surface area (Å²) in [7, 11) is 0. The first kappa shape index (κ1) is 6.71. The first-order valence-electron chi connectivity index (χ1n) is 4.12. The molecule has 1 heterocycles. The Bertz CT molecular complexity index is 278. The van der Waals surface area contributed by atoms with Gasteiger partial charge < -0.3 is 5.32 Å². The molecule has 0 aromatic heterocycles. The SMILES string of the molecule is Cc1ccc2c(c1)NCC2C. The third kappa shape index (κ3) is 1.01. The molecule has 0 radical (unpaired) electrons. The summed E-state index contributed by atoms with van der Waals surface area (Å²) in [5.41, 5.74) is 4.14. The predicted octanol–water partition coefficient (Wildman–Crippen LogP) is 2.52. The van der Waals surface area contributed by atoms with E-state index in [1.807, 2.05) is 0 Å². The Balaban J connectivity index is 2.50. The molecule has 1 nitrogen and oxygen atoms in total. The van der Waals surface area contributed by atoms with Crippen LogP contribution in [-0.2, 0) is 0 Å². The number of benzene rings is 1. The van der Waals surface area contributed by atoms with Gasteiger partial charge in [0.2, 0.25) is 0 Å². The lowest BCUT2D eigenvalue weighted by Crippen LogP contribution is -1.95. The average molecular weight is 147 g/mol. The second-order valence-corrected chi connectivity index (χ2v) is 3.37. The highest BCUT2D eigenvalue weighted by Crippen LogP contribution is 2.31. The lowest BCUT2D eigenvalue weighted by atomic mass is 10.0. The molecule has 0 fully saturated rings. The van der Waals surface area contributed by atoms with Crippen LogP contribution in [0, 0.1) is 6.92 Å². The summed E-state index contributed by atoms with van der Waals surface area (Å²) in [6.07, 6.45) is 0. The minimum Gasteiger partial charge on any atom is -0.384 e. The van der Waals surface area contributed by atoms with E-state index in [9.17, 15) is 0 Å². The molecule has 1 aliphatic heterocycles. The van der Waals surface area contributed by atoms with Gasteiger partial charge >= 0.3 is 0 Å². The van der Waals surface area contributed by atoms with Gasteiger partial charge in [-0.2, -0.15) is 0 Å². The molecule has 0 saturated carbocycles. The van der Waals surface area contributed by atoms with Crippen LogP contribution in [-0.4, -0.2) is 6.54 Å². The number of hydrogen-bond acceptors (Lipinski definition) is 1. The zero-order valence-electron chi connectivity index (χ0n) is 7.02. The molecule has 0 saturated heterocycles. The van der Waals surface area contributed by atoms with Crippen LogP contribution in [0.25, 0.3) is 0 Å². The quantitative estimate of drug-likeness (QED) is 0.594. The van der Waals surface area contributed by atoms with Gasteiger partial charge in [0.15, 0.2) is 0 Å². The van der Waals surface area contributed by atoms with Gasteiger partial charge in [-0.05, 0) is 24.1 Å². The van der Waals surface area contributed by atoms with Crippen molar-refractivity contribution in [3.8, 4) is 0 Å². The van der Waals surface area contributed by atoms with E-state index >= 15 is 0 Å². The molecule has 0 spiro atoms. The minimum absolute atomic E-state index is 0.686. The fourth-order valence-electron chi connectivity index (χ4n) is 1.63. The Labute approximate surface area is 67.4 Å². The van der Waals surface area contributed by atoms with Crippen LogP contribution in [0.3, 0.4) is 0 Å². The molecule has 1 atom stereocenters. The fraction of sp³-hybridized carbons (Fsp3) is 0.400. The number of hydrogen-bond donors (Lipinski definition) is 1. The van der Waals surface area contributed by atoms with Gasteiger partial charge in [-0.25, -0.2) is 0 Å². The van der Waals surface area contributed by atoms with Crippen molar-refractivity contribution in [2.45, 2.75) is 19.8 Å². The summed E-state index contributed by atoms with van der Waals surface area (Å²) in [4.78, 5) is 0. The molecule has 1 unspecified atom stereocenters. The standard InChI is InChI=1S/C10H13N/c1-7-3-4-9-8(2)6-11-10(9)5-7/h3-5,8,11H,6H2,1-2H3. The summed E-state index contributed by atoms with van der Waals surface area (Å²) in [5, 5.41) is 3.39. The van der Waals surface area contributed by atoms with Gasteiger partial charge in [0.25, 0.3) is 0 Å². The van der Waals surface area contributed by atoms with Gasteiger partial charge in [0.05, 0.1) is 0 Å². The Morgan fingerprint density at radius 1 is 1.45 bits per heavy atom. The lowest BCUT2D eigenvalue weighted by Gasteiger charge is -2.01. The molecular formula is C10H13N. The monoisotopic (exact) mass is 147 g/mol. The van der Waals surface area contributed by atoms with Crippen LogP contribution in [0.15, 0.2) is 18.2 Å². The smallest absolute Gasteiger partial charge is 0.0379 e. The number of nitrogens with one attached hydrogen (secondary N) is 1. The molecule has 1 aliphatic rings. The van der Waals surface area contributed by atoms with E-state index in [0.717, 1.165) is 6.54 Å². The Kier molecular flexibility index (Phi) is 1.38. The van der Waals surface area contributed by atoms with Crippen molar-refractivity contribution < 1.29 is 0 Å². The molecule has 1 heteroatoms. The lowest BCUT2D eigenvalue weighted by molar-refractivity contribution is 0.854. The van der Waals surface area contributed by atoms with Crippen LogP contribution in [0.1, 0.15) is 24.0 Å².